The summed E-state index contributed by atoms with van der Waals surface area (Å²) in [5.74, 6) is -0.309. The fraction of sp³-hybridized carbons (Fsp3) is 0.391. The van der Waals surface area contributed by atoms with Gasteiger partial charge in [-0.05, 0) is 30.2 Å². The van der Waals surface area contributed by atoms with E-state index in [2.05, 4.69) is 22.0 Å². The molecular formula is C23H28N4O3. The average Bonchev–Trinajstić information content (AvgIpc) is 3.15. The molecule has 1 fully saturated rings. The number of benzene rings is 2. The molecule has 1 aromatic heterocycles. The van der Waals surface area contributed by atoms with Gasteiger partial charge in [-0.1, -0.05) is 25.5 Å². The molecule has 0 aliphatic carbocycles. The lowest BCUT2D eigenvalue weighted by molar-refractivity contribution is 0.0342. The number of carbonyl (C=O) groups excluding carboxylic acids is 1. The molecule has 158 valence electrons. The SMILES string of the molecule is CCCc1[nH]nc2cc(O)c(C(=O)N(C)c3ccc(CN4CCOCC4)cc3)cc12. The normalized spacial score (nSPS) is 14.9. The van der Waals surface area contributed by atoms with Gasteiger partial charge >= 0.3 is 0 Å². The maximum absolute atomic E-state index is 13.1. The topological polar surface area (TPSA) is 81.7 Å². The summed E-state index contributed by atoms with van der Waals surface area (Å²) in [5, 5.41) is 18.6. The number of aryl methyl sites for hydroxylation is 1. The molecule has 0 spiro atoms. The van der Waals surface area contributed by atoms with Crippen molar-refractivity contribution in [2.45, 2.75) is 26.3 Å². The van der Waals surface area contributed by atoms with E-state index in [0.29, 0.717) is 5.52 Å². The molecule has 0 unspecified atom stereocenters. The minimum absolute atomic E-state index is 0.0576. The number of hydrogen-bond donors (Lipinski definition) is 2. The first-order chi connectivity index (χ1) is 14.6. The summed E-state index contributed by atoms with van der Waals surface area (Å²) in [5.41, 5.74) is 3.92. The molecule has 4 rings (SSSR count). The third-order valence-corrected chi connectivity index (χ3v) is 5.62. The number of phenolic OH excluding ortho intramolecular Hbond substituents is 1. The Morgan fingerprint density at radius 3 is 2.67 bits per heavy atom. The smallest absolute Gasteiger partial charge is 0.261 e. The van der Waals surface area contributed by atoms with Gasteiger partial charge in [0.25, 0.3) is 5.91 Å². The molecule has 0 radical (unpaired) electrons. The molecule has 0 atom stereocenters. The zero-order valence-corrected chi connectivity index (χ0v) is 17.5. The second-order valence-corrected chi connectivity index (χ2v) is 7.76. The second kappa shape index (κ2) is 8.85. The minimum Gasteiger partial charge on any atom is -0.507 e. The summed E-state index contributed by atoms with van der Waals surface area (Å²) >= 11 is 0. The number of nitrogens with one attached hydrogen (secondary N) is 1. The van der Waals surface area contributed by atoms with Gasteiger partial charge in [-0.15, -0.1) is 0 Å². The second-order valence-electron chi connectivity index (χ2n) is 7.76. The molecule has 7 heteroatoms. The number of carbonyl (C=O) groups is 1. The van der Waals surface area contributed by atoms with E-state index in [1.54, 1.807) is 24.1 Å². The first kappa shape index (κ1) is 20.4. The Morgan fingerprint density at radius 1 is 1.23 bits per heavy atom. The van der Waals surface area contributed by atoms with Crippen LogP contribution < -0.4 is 4.90 Å². The summed E-state index contributed by atoms with van der Waals surface area (Å²) in [6.07, 6.45) is 1.81. The van der Waals surface area contributed by atoms with Crippen LogP contribution in [0.5, 0.6) is 5.75 Å². The van der Waals surface area contributed by atoms with Gasteiger partial charge in [-0.2, -0.15) is 5.10 Å². The number of nitrogens with zero attached hydrogens (tertiary/aromatic N) is 3. The van der Waals surface area contributed by atoms with Gasteiger partial charge in [-0.25, -0.2) is 0 Å². The van der Waals surface area contributed by atoms with Crippen LogP contribution in [0.4, 0.5) is 5.69 Å². The molecule has 2 aromatic carbocycles. The monoisotopic (exact) mass is 408 g/mol. The number of rotatable bonds is 6. The third kappa shape index (κ3) is 4.17. The van der Waals surface area contributed by atoms with Crippen LogP contribution >= 0.6 is 0 Å². The summed E-state index contributed by atoms with van der Waals surface area (Å²) in [7, 11) is 1.73. The molecule has 0 bridgehead atoms. The Bertz CT molecular complexity index is 1020. The van der Waals surface area contributed by atoms with E-state index >= 15 is 0 Å². The van der Waals surface area contributed by atoms with Gasteiger partial charge in [0, 0.05) is 49.5 Å². The van der Waals surface area contributed by atoms with Crippen molar-refractivity contribution in [2.75, 3.05) is 38.3 Å². The number of aromatic amines is 1. The van der Waals surface area contributed by atoms with Crippen LogP contribution in [-0.2, 0) is 17.7 Å². The fourth-order valence-electron chi connectivity index (χ4n) is 3.85. The summed E-state index contributed by atoms with van der Waals surface area (Å²) in [6.45, 7) is 6.40. The highest BCUT2D eigenvalue weighted by molar-refractivity contribution is 6.09. The Kier molecular flexibility index (Phi) is 6.01. The zero-order valence-electron chi connectivity index (χ0n) is 17.5. The lowest BCUT2D eigenvalue weighted by Gasteiger charge is -2.26. The fourth-order valence-corrected chi connectivity index (χ4v) is 3.85. The standard InChI is InChI=1S/C23H28N4O3/c1-3-4-20-18-13-19(22(28)14-21(18)25-24-20)23(29)26(2)17-7-5-16(6-8-17)15-27-9-11-30-12-10-27/h5-8,13-14,28H,3-4,9-12,15H2,1-2H3,(H,24,25). The van der Waals surface area contributed by atoms with Gasteiger partial charge in [0.1, 0.15) is 5.75 Å². The molecule has 30 heavy (non-hydrogen) atoms. The number of fused-ring (bicyclic) bond motifs is 1. The van der Waals surface area contributed by atoms with Gasteiger partial charge in [0.05, 0.1) is 24.3 Å². The van der Waals surface area contributed by atoms with Crippen molar-refractivity contribution in [1.82, 2.24) is 15.1 Å². The highest BCUT2D eigenvalue weighted by Gasteiger charge is 2.20. The number of ether oxygens (including phenoxy) is 1. The van der Waals surface area contributed by atoms with Crippen LogP contribution in [0.15, 0.2) is 36.4 Å². The number of aromatic hydroxyl groups is 1. The van der Waals surface area contributed by atoms with Gasteiger partial charge < -0.3 is 14.7 Å². The molecule has 2 N–H and O–H groups in total. The van der Waals surface area contributed by atoms with Gasteiger partial charge in [-0.3, -0.25) is 14.8 Å². The molecular weight excluding hydrogens is 380 g/mol. The van der Waals surface area contributed by atoms with Crippen molar-refractivity contribution in [3.63, 3.8) is 0 Å². The Labute approximate surface area is 176 Å². The van der Waals surface area contributed by atoms with Crippen molar-refractivity contribution in [3.05, 3.63) is 53.2 Å². The van der Waals surface area contributed by atoms with Crippen LogP contribution in [0.1, 0.15) is 35.0 Å². The van der Waals surface area contributed by atoms with Crippen LogP contribution in [0.3, 0.4) is 0 Å². The summed E-state index contributed by atoms with van der Waals surface area (Å²) in [6, 6.07) is 11.3. The van der Waals surface area contributed by atoms with Crippen molar-refractivity contribution in [3.8, 4) is 5.75 Å². The molecule has 0 saturated carbocycles. The number of H-pyrrole nitrogens is 1. The van der Waals surface area contributed by atoms with Crippen LogP contribution in [0.25, 0.3) is 10.9 Å². The lowest BCUT2D eigenvalue weighted by atomic mass is 10.1. The summed E-state index contributed by atoms with van der Waals surface area (Å²) < 4.78 is 5.40. The van der Waals surface area contributed by atoms with E-state index < -0.39 is 0 Å². The minimum atomic E-state index is -0.251. The van der Waals surface area contributed by atoms with E-state index in [1.165, 1.54) is 5.56 Å². The first-order valence-corrected chi connectivity index (χ1v) is 10.4. The van der Waals surface area contributed by atoms with Gasteiger partial charge in [0.15, 0.2) is 0 Å². The quantitative estimate of drug-likeness (QED) is 0.654. The number of aromatic nitrogens is 2. The Morgan fingerprint density at radius 2 is 1.97 bits per heavy atom. The highest BCUT2D eigenvalue weighted by Crippen LogP contribution is 2.28. The maximum atomic E-state index is 13.1. The van der Waals surface area contributed by atoms with Crippen molar-refractivity contribution < 1.29 is 14.6 Å². The van der Waals surface area contributed by atoms with Crippen LogP contribution in [-0.4, -0.2) is 59.5 Å². The van der Waals surface area contributed by atoms with E-state index in [0.717, 1.165) is 62.5 Å². The zero-order chi connectivity index (χ0) is 21.1. The number of hydrogen-bond acceptors (Lipinski definition) is 5. The largest absolute Gasteiger partial charge is 0.507 e. The van der Waals surface area contributed by atoms with Crippen LogP contribution in [0, 0.1) is 0 Å². The molecule has 2 heterocycles. The third-order valence-electron chi connectivity index (χ3n) is 5.62. The summed E-state index contributed by atoms with van der Waals surface area (Å²) in [4.78, 5) is 17.0. The average molecular weight is 409 g/mol. The lowest BCUT2D eigenvalue weighted by Crippen LogP contribution is -2.35. The van der Waals surface area contributed by atoms with Gasteiger partial charge in [0.2, 0.25) is 0 Å². The van der Waals surface area contributed by atoms with Crippen molar-refractivity contribution in [1.29, 1.82) is 0 Å². The molecule has 7 nitrogen and oxygen atoms in total. The maximum Gasteiger partial charge on any atom is 0.261 e. The van der Waals surface area contributed by atoms with Crippen molar-refractivity contribution in [2.24, 2.45) is 0 Å². The highest BCUT2D eigenvalue weighted by atomic mass is 16.5. The Hall–Kier alpha value is -2.90. The Balaban J connectivity index is 1.52. The molecule has 1 aliphatic rings. The van der Waals surface area contributed by atoms with Crippen LogP contribution in [0.2, 0.25) is 0 Å². The molecule has 1 amide bonds. The molecule has 3 aromatic rings. The number of morpholine rings is 1. The predicted molar refractivity (Wildman–Crippen MR) is 117 cm³/mol. The number of phenols is 1. The van der Waals surface area contributed by atoms with E-state index in [4.69, 9.17) is 4.74 Å². The van der Waals surface area contributed by atoms with E-state index in [9.17, 15) is 9.90 Å². The number of amides is 1. The number of anilines is 1. The first-order valence-electron chi connectivity index (χ1n) is 10.4. The molecule has 1 aliphatic heterocycles. The predicted octanol–water partition coefficient (Wildman–Crippen LogP) is 3.33. The van der Waals surface area contributed by atoms with E-state index in [-0.39, 0.29) is 17.2 Å². The van der Waals surface area contributed by atoms with Crippen molar-refractivity contribution >= 4 is 22.5 Å². The molecule has 1 saturated heterocycles. The van der Waals surface area contributed by atoms with E-state index in [1.807, 2.05) is 24.3 Å².